The summed E-state index contributed by atoms with van der Waals surface area (Å²) < 4.78 is 161. The minimum Gasteiger partial charge on any atom is -0.488 e. The van der Waals surface area contributed by atoms with Crippen molar-refractivity contribution in [1.29, 1.82) is 0 Å². The highest BCUT2D eigenvalue weighted by Crippen LogP contribution is 2.60. The van der Waals surface area contributed by atoms with E-state index in [-0.39, 0.29) is 113 Å². The second kappa shape index (κ2) is 37.4. The van der Waals surface area contributed by atoms with Gasteiger partial charge in [0.1, 0.15) is 73.9 Å². The largest absolute Gasteiger partial charge is 0.488 e. The van der Waals surface area contributed by atoms with E-state index in [2.05, 4.69) is 10.6 Å². The fourth-order valence-electron chi connectivity index (χ4n) is 13.3. The Kier molecular flexibility index (Phi) is 26.5. The van der Waals surface area contributed by atoms with Crippen molar-refractivity contribution in [3.05, 3.63) is 200 Å². The van der Waals surface area contributed by atoms with E-state index >= 15 is 17.6 Å². The van der Waals surface area contributed by atoms with Crippen molar-refractivity contribution in [3.8, 4) is 57.5 Å². The topological polar surface area (TPSA) is 470 Å². The lowest BCUT2D eigenvalue weighted by molar-refractivity contribution is -0.167. The van der Waals surface area contributed by atoms with Crippen LogP contribution in [-0.4, -0.2) is 162 Å². The molecule has 38 nitrogen and oxygen atoms in total. The van der Waals surface area contributed by atoms with Crippen molar-refractivity contribution in [3.63, 3.8) is 0 Å². The molecule has 0 unspecified atom stereocenters. The molecule has 0 radical (unpaired) electrons. The van der Waals surface area contributed by atoms with Gasteiger partial charge in [0.05, 0.1) is 44.8 Å². The molecule has 8 aromatic carbocycles. The maximum Gasteiger partial charge on any atom is 0.340 e. The maximum absolute atomic E-state index is 16.0. The number of carbonyl (C=O) groups is 16. The Balaban J connectivity index is 0.895. The third-order valence-corrected chi connectivity index (χ3v) is 18.3. The molecule has 0 aromatic heterocycles. The highest BCUT2D eigenvalue weighted by Gasteiger charge is 2.57. The molecule has 12 rings (SSSR count). The number of anilines is 4. The first-order valence-electron chi connectivity index (χ1n) is 36.9. The number of halogens is 4. The number of rotatable bonds is 31. The first kappa shape index (κ1) is 89.1. The number of carbonyl (C=O) groups excluding carboxylic acids is 16. The monoisotopic (exact) mass is 1750 g/mol. The van der Waals surface area contributed by atoms with Gasteiger partial charge < -0.3 is 106 Å². The Hall–Kier alpha value is -16.2. The zero-order valence-electron chi connectivity index (χ0n) is 66.9. The summed E-state index contributed by atoms with van der Waals surface area (Å²) in [5.41, 5.74) is -7.86. The van der Waals surface area contributed by atoms with Crippen molar-refractivity contribution in [2.75, 3.05) is 87.0 Å². The molecule has 2 spiro atoms. The van der Waals surface area contributed by atoms with E-state index in [1.165, 1.54) is 48.5 Å². The van der Waals surface area contributed by atoms with Crippen LogP contribution in [0.5, 0.6) is 57.5 Å². The van der Waals surface area contributed by atoms with Gasteiger partial charge in [0.25, 0.3) is 11.8 Å². The summed E-state index contributed by atoms with van der Waals surface area (Å²) in [6, 6.07) is 21.3. The van der Waals surface area contributed by atoms with Gasteiger partial charge in [-0.2, -0.15) is 0 Å². The van der Waals surface area contributed by atoms with Gasteiger partial charge in [-0.15, -0.1) is 0 Å². The number of fused-ring (bicyclic) bond motifs is 12. The number of esters is 14. The fourth-order valence-corrected chi connectivity index (χ4v) is 13.3. The maximum atomic E-state index is 16.0. The van der Waals surface area contributed by atoms with E-state index in [0.717, 1.165) is 138 Å². The van der Waals surface area contributed by atoms with E-state index in [1.54, 1.807) is 0 Å². The Morgan fingerprint density at radius 3 is 0.865 bits per heavy atom. The Bertz CT molecular complexity index is 5370. The van der Waals surface area contributed by atoms with Crippen LogP contribution in [0, 0.1) is 23.3 Å². The first-order valence-corrected chi connectivity index (χ1v) is 36.9. The number of nitrogens with zero attached hydrogens (tertiary/aromatic N) is 2. The van der Waals surface area contributed by atoms with Crippen LogP contribution in [-0.2, 0) is 116 Å². The molecule has 8 aromatic rings. The molecule has 2 amide bonds. The van der Waals surface area contributed by atoms with Crippen molar-refractivity contribution in [1.82, 2.24) is 0 Å². The molecule has 0 saturated carbocycles. The molecule has 0 atom stereocenters. The van der Waals surface area contributed by atoms with Crippen LogP contribution in [0.15, 0.2) is 121 Å². The zero-order valence-corrected chi connectivity index (χ0v) is 66.9. The summed E-state index contributed by atoms with van der Waals surface area (Å²) in [4.78, 5) is 209. The van der Waals surface area contributed by atoms with E-state index in [4.69, 9.17) is 85.3 Å². The van der Waals surface area contributed by atoms with Gasteiger partial charge in [0, 0.05) is 125 Å². The van der Waals surface area contributed by atoms with E-state index < -0.39 is 219 Å². The van der Waals surface area contributed by atoms with Crippen LogP contribution in [0.25, 0.3) is 0 Å². The van der Waals surface area contributed by atoms with Crippen LogP contribution in [0.2, 0.25) is 0 Å². The Morgan fingerprint density at radius 1 is 0.325 bits per heavy atom. The summed E-state index contributed by atoms with van der Waals surface area (Å²) in [5.74, 6) is -25.2. The summed E-state index contributed by atoms with van der Waals surface area (Å²) in [5, 5.41) is 5.27. The van der Waals surface area contributed by atoms with E-state index in [0.29, 0.717) is 0 Å². The lowest BCUT2D eigenvalue weighted by Crippen LogP contribution is -2.37. The lowest BCUT2D eigenvalue weighted by atomic mass is 9.77. The molecule has 0 fully saturated rings. The third kappa shape index (κ3) is 19.9. The molecule has 4 heterocycles. The number of benzene rings is 8. The summed E-state index contributed by atoms with van der Waals surface area (Å²) in [6.07, 6.45) is 0. The fraction of sp³-hybridized carbons (Fsp3) is 0.238. The van der Waals surface area contributed by atoms with Crippen molar-refractivity contribution < 1.29 is 180 Å². The standard InChI is InChI=1S/C84H66F4N4O34/c1-39(93)111-35-115-75(101)31-91(32-76(102)116-36-112-40(2)94)63-15-11-49(89-79(105)47-9-13-53-51(19-47)81(107)125-83(53)55-23-59(85)69(119-43(5)97)27-65(55)123-66-28-70(120-44(6)98)60(86)24-56(66)83)21-73(63)109-17-18-110-74-22-50(12-16-64(74)92(33-77(103)117-37-113-41(3)95)34-78(104)118-38-114-42(4)96)90-80(106)48-10-14-54-52(20-48)82(108)126-84(54)57-25-61(87)71(121-45(7)99)29-67(57)124-68-30-72(122-46(8)100)62(88)26-58(68)84/h9-16,19-30H,17-18,31-38H2,1-8H3,(H,89,105)(H,90,106). The molecule has 126 heavy (non-hydrogen) atoms. The van der Waals surface area contributed by atoms with E-state index in [1.807, 2.05) is 0 Å². The molecule has 0 bridgehead atoms. The van der Waals surface area contributed by atoms with Gasteiger partial charge in [-0.1, -0.05) is 12.1 Å². The minimum atomic E-state index is -2.29. The molecule has 0 saturated heterocycles. The van der Waals surface area contributed by atoms with Crippen LogP contribution in [0.4, 0.5) is 40.3 Å². The van der Waals surface area contributed by atoms with Crippen LogP contribution in [0.3, 0.4) is 0 Å². The highest BCUT2D eigenvalue weighted by atomic mass is 19.1. The number of nitrogens with one attached hydrogen (secondary N) is 2. The van der Waals surface area contributed by atoms with Crippen LogP contribution >= 0.6 is 0 Å². The molecule has 4 aliphatic rings. The summed E-state index contributed by atoms with van der Waals surface area (Å²) in [6.45, 7) is -0.606. The molecule has 42 heteroatoms. The summed E-state index contributed by atoms with van der Waals surface area (Å²) in [7, 11) is 0. The predicted octanol–water partition coefficient (Wildman–Crippen LogP) is 8.91. The van der Waals surface area contributed by atoms with Gasteiger partial charge >= 0.3 is 83.6 Å². The number of ether oxygens (including phenoxy) is 18. The second-order valence-electron chi connectivity index (χ2n) is 27.1. The molecular weight excluding hydrogens is 1680 g/mol. The van der Waals surface area contributed by atoms with E-state index in [9.17, 15) is 76.7 Å². The molecule has 4 aliphatic heterocycles. The molecule has 0 aliphatic carbocycles. The second-order valence-corrected chi connectivity index (χ2v) is 27.1. The van der Waals surface area contributed by atoms with Crippen molar-refractivity contribution in [2.24, 2.45) is 0 Å². The van der Waals surface area contributed by atoms with Crippen molar-refractivity contribution >= 4 is 118 Å². The Labute approximate surface area is 706 Å². The average Bonchev–Trinajstić information content (AvgIpc) is 1.45. The number of hydrogen-bond donors (Lipinski definition) is 2. The first-order chi connectivity index (χ1) is 59.9. The van der Waals surface area contributed by atoms with Gasteiger partial charge in [-0.25, -0.2) is 27.2 Å². The number of hydrogen-bond acceptors (Lipinski definition) is 36. The SMILES string of the molecule is CC(=O)OCOC(=O)CN(CC(=O)OCOC(C)=O)c1ccc(NC(=O)c2ccc3c(c2)C(=O)OC32c3cc(F)c(OC(C)=O)cc3Oc3cc(OC(C)=O)c(F)cc32)cc1OCCOc1cc(NC(=O)c2ccc3c(c2)C(=O)OC32c3cc(F)c(OC(C)=O)cc3Oc3cc(OC(C)=O)c(F)cc32)ccc1N(CC(=O)OCOC(C)=O)CC(=O)OCOC(C)=O. The number of amides is 2. The van der Waals surface area contributed by atoms with Gasteiger partial charge in [-0.3, -0.25) is 67.1 Å². The molecule has 2 N–H and O–H groups in total. The lowest BCUT2D eigenvalue weighted by Gasteiger charge is -2.36. The average molecular weight is 1750 g/mol. The minimum absolute atomic E-state index is 0.111. The van der Waals surface area contributed by atoms with Gasteiger partial charge in [-0.05, 0) is 72.8 Å². The molecule has 654 valence electrons. The zero-order chi connectivity index (χ0) is 90.9. The highest BCUT2D eigenvalue weighted by molar-refractivity contribution is 6.09. The Morgan fingerprint density at radius 2 is 0.603 bits per heavy atom. The quantitative estimate of drug-likeness (QED) is 0.0102. The van der Waals surface area contributed by atoms with Gasteiger partial charge in [0.2, 0.25) is 27.2 Å². The van der Waals surface area contributed by atoms with Crippen LogP contribution < -0.4 is 58.3 Å². The van der Waals surface area contributed by atoms with Crippen molar-refractivity contribution in [2.45, 2.75) is 66.6 Å². The third-order valence-electron chi connectivity index (χ3n) is 18.3. The van der Waals surface area contributed by atoms with Crippen LogP contribution in [0.1, 0.15) is 130 Å². The predicted molar refractivity (Wildman–Crippen MR) is 410 cm³/mol. The van der Waals surface area contributed by atoms with Gasteiger partial charge in [0.15, 0.2) is 57.5 Å². The molecular formula is C84H66F4N4O34. The normalized spacial score (nSPS) is 12.7. The smallest absolute Gasteiger partial charge is 0.340 e. The summed E-state index contributed by atoms with van der Waals surface area (Å²) >= 11 is 0.